The van der Waals surface area contributed by atoms with Gasteiger partial charge in [0.15, 0.2) is 16.6 Å². The van der Waals surface area contributed by atoms with Crippen molar-refractivity contribution in [3.05, 3.63) is 0 Å². The maximum Gasteiger partial charge on any atom is 0.184 e. The van der Waals surface area contributed by atoms with Crippen LogP contribution in [0, 0.1) is 11.8 Å². The second kappa shape index (κ2) is 6.23. The highest BCUT2D eigenvalue weighted by Crippen LogP contribution is 2.44. The van der Waals surface area contributed by atoms with E-state index in [0.717, 1.165) is 11.8 Å². The fourth-order valence-corrected chi connectivity index (χ4v) is 6.49. The molecule has 0 spiro atoms. The summed E-state index contributed by atoms with van der Waals surface area (Å²) in [5.74, 6) is 1.54. The molecule has 2 aliphatic carbocycles. The van der Waals surface area contributed by atoms with Gasteiger partial charge in [0, 0.05) is 12.2 Å². The molecule has 2 rings (SSSR count). The Labute approximate surface area is 127 Å². The minimum Gasteiger partial charge on any atom is -0.414 e. The molecule has 2 fully saturated rings. The zero-order chi connectivity index (χ0) is 15.0. The Kier molecular flexibility index (Phi) is 5.21. The predicted octanol–water partition coefficient (Wildman–Crippen LogP) is 5.03. The highest BCUT2D eigenvalue weighted by atomic mass is 28.4. The van der Waals surface area contributed by atoms with E-state index in [1.807, 2.05) is 0 Å². The molecule has 0 aromatic heterocycles. The van der Waals surface area contributed by atoms with E-state index >= 15 is 0 Å². The molecule has 2 aliphatic rings. The lowest BCUT2D eigenvalue weighted by atomic mass is 9.86. The molecule has 0 aromatic carbocycles. The minimum atomic E-state index is -1.42. The molecule has 0 N–H and O–H groups in total. The van der Waals surface area contributed by atoms with Crippen molar-refractivity contribution >= 4 is 16.6 Å². The first-order chi connectivity index (χ1) is 9.16. The first-order valence-electron chi connectivity index (χ1n) is 8.51. The first-order valence-corrected chi connectivity index (χ1v) is 15.3. The van der Waals surface area contributed by atoms with Crippen LogP contribution in [0.3, 0.4) is 0 Å². The third-order valence-corrected chi connectivity index (χ3v) is 6.59. The van der Waals surface area contributed by atoms with Crippen molar-refractivity contribution in [2.24, 2.45) is 11.8 Å². The molecule has 0 amide bonds. The van der Waals surface area contributed by atoms with Crippen LogP contribution >= 0.6 is 0 Å². The molecule has 20 heavy (non-hydrogen) atoms. The van der Waals surface area contributed by atoms with Crippen LogP contribution in [-0.4, -0.2) is 28.8 Å². The van der Waals surface area contributed by atoms with Crippen molar-refractivity contribution < 1.29 is 8.85 Å². The summed E-state index contributed by atoms with van der Waals surface area (Å²) in [4.78, 5) is 0. The zero-order valence-corrected chi connectivity index (χ0v) is 16.4. The second-order valence-electron chi connectivity index (χ2n) is 8.73. The van der Waals surface area contributed by atoms with Gasteiger partial charge in [0.05, 0.1) is 0 Å². The Hall–Kier alpha value is 0.354. The lowest BCUT2D eigenvalue weighted by molar-refractivity contribution is 0.0566. The van der Waals surface area contributed by atoms with Gasteiger partial charge in [-0.05, 0) is 76.8 Å². The first kappa shape index (κ1) is 16.7. The molecule has 0 bridgehead atoms. The molecule has 0 heterocycles. The summed E-state index contributed by atoms with van der Waals surface area (Å²) in [6.45, 7) is 14.0. The van der Waals surface area contributed by atoms with Crippen LogP contribution in [0.25, 0.3) is 0 Å². The zero-order valence-electron chi connectivity index (χ0n) is 14.4. The van der Waals surface area contributed by atoms with Crippen molar-refractivity contribution in [2.45, 2.75) is 90.0 Å². The van der Waals surface area contributed by atoms with Gasteiger partial charge in [-0.15, -0.1) is 0 Å². The maximum absolute atomic E-state index is 6.50. The molecule has 4 heteroatoms. The molecule has 4 unspecified atom stereocenters. The molecule has 0 aromatic rings. The van der Waals surface area contributed by atoms with Gasteiger partial charge in [0.25, 0.3) is 0 Å². The highest BCUT2D eigenvalue weighted by Gasteiger charge is 2.43. The van der Waals surface area contributed by atoms with Crippen LogP contribution in [0.4, 0.5) is 0 Å². The van der Waals surface area contributed by atoms with Gasteiger partial charge in [-0.25, -0.2) is 0 Å². The normalized spacial score (nSPS) is 35.7. The standard InChI is InChI=1S/C16H34O2Si2/c1-19(2,3)17-15-11-7-9-13(15)14-10-8-12-16(14)18-20(4,5)6/h13-16H,7-12H2,1-6H3. The fourth-order valence-electron chi connectivity index (χ4n) is 4.09. The van der Waals surface area contributed by atoms with E-state index in [-0.39, 0.29) is 0 Å². The van der Waals surface area contributed by atoms with Crippen molar-refractivity contribution in [3.63, 3.8) is 0 Å². The second-order valence-corrected chi connectivity index (χ2v) is 17.6. The average molecular weight is 315 g/mol. The van der Waals surface area contributed by atoms with E-state index in [1.165, 1.54) is 38.5 Å². The van der Waals surface area contributed by atoms with Crippen LogP contribution in [0.1, 0.15) is 38.5 Å². The molecule has 118 valence electrons. The minimum absolute atomic E-state index is 0.525. The van der Waals surface area contributed by atoms with Crippen LogP contribution in [0.2, 0.25) is 39.3 Å². The van der Waals surface area contributed by atoms with E-state index in [2.05, 4.69) is 39.3 Å². The summed E-state index contributed by atoms with van der Waals surface area (Å²) >= 11 is 0. The Morgan fingerprint density at radius 1 is 0.600 bits per heavy atom. The lowest BCUT2D eigenvalue weighted by Gasteiger charge is -2.36. The molecule has 4 atom stereocenters. The molecular formula is C16H34O2Si2. The summed E-state index contributed by atoms with van der Waals surface area (Å²) in [7, 11) is -2.83. The topological polar surface area (TPSA) is 18.5 Å². The fraction of sp³-hybridized carbons (Fsp3) is 1.00. The number of hydrogen-bond acceptors (Lipinski definition) is 2. The van der Waals surface area contributed by atoms with Crippen LogP contribution in [0.5, 0.6) is 0 Å². The van der Waals surface area contributed by atoms with E-state index in [1.54, 1.807) is 0 Å². The summed E-state index contributed by atoms with van der Waals surface area (Å²) in [5.41, 5.74) is 0. The van der Waals surface area contributed by atoms with Gasteiger partial charge in [-0.3, -0.25) is 0 Å². The highest BCUT2D eigenvalue weighted by molar-refractivity contribution is 6.70. The van der Waals surface area contributed by atoms with Gasteiger partial charge >= 0.3 is 0 Å². The van der Waals surface area contributed by atoms with Gasteiger partial charge in [0.1, 0.15) is 0 Å². The van der Waals surface area contributed by atoms with E-state index in [9.17, 15) is 0 Å². The third kappa shape index (κ3) is 4.68. The summed E-state index contributed by atoms with van der Waals surface area (Å²) in [5, 5.41) is 0. The molecule has 2 nitrogen and oxygen atoms in total. The molecule has 0 radical (unpaired) electrons. The van der Waals surface area contributed by atoms with Crippen molar-refractivity contribution in [3.8, 4) is 0 Å². The Balaban J connectivity index is 2.01. The van der Waals surface area contributed by atoms with E-state index < -0.39 is 16.6 Å². The molecular weight excluding hydrogens is 280 g/mol. The Bertz CT molecular complexity index is 287. The van der Waals surface area contributed by atoms with Crippen LogP contribution in [-0.2, 0) is 8.85 Å². The van der Waals surface area contributed by atoms with Gasteiger partial charge in [-0.2, -0.15) is 0 Å². The predicted molar refractivity (Wildman–Crippen MR) is 91.1 cm³/mol. The largest absolute Gasteiger partial charge is 0.414 e. The van der Waals surface area contributed by atoms with Gasteiger partial charge < -0.3 is 8.85 Å². The van der Waals surface area contributed by atoms with Crippen LogP contribution < -0.4 is 0 Å². The summed E-state index contributed by atoms with van der Waals surface area (Å²) < 4.78 is 13.0. The number of hydrogen-bond donors (Lipinski definition) is 0. The average Bonchev–Trinajstić information content (AvgIpc) is 2.82. The molecule has 2 saturated carbocycles. The maximum atomic E-state index is 6.50. The monoisotopic (exact) mass is 314 g/mol. The number of rotatable bonds is 5. The third-order valence-electron chi connectivity index (χ3n) is 4.57. The SMILES string of the molecule is C[Si](C)(C)OC1CCCC1C1CCCC1O[Si](C)(C)C. The smallest absolute Gasteiger partial charge is 0.184 e. The van der Waals surface area contributed by atoms with E-state index in [4.69, 9.17) is 8.85 Å². The van der Waals surface area contributed by atoms with Crippen molar-refractivity contribution in [1.29, 1.82) is 0 Å². The van der Waals surface area contributed by atoms with Crippen molar-refractivity contribution in [2.75, 3.05) is 0 Å². The van der Waals surface area contributed by atoms with Crippen LogP contribution in [0.15, 0.2) is 0 Å². The quantitative estimate of drug-likeness (QED) is 0.663. The van der Waals surface area contributed by atoms with Crippen molar-refractivity contribution in [1.82, 2.24) is 0 Å². The Morgan fingerprint density at radius 2 is 0.950 bits per heavy atom. The summed E-state index contributed by atoms with van der Waals surface area (Å²) in [6.07, 6.45) is 9.06. The van der Waals surface area contributed by atoms with Gasteiger partial charge in [0.2, 0.25) is 0 Å². The lowest BCUT2D eigenvalue weighted by Crippen LogP contribution is -2.41. The van der Waals surface area contributed by atoms with E-state index in [0.29, 0.717) is 12.2 Å². The van der Waals surface area contributed by atoms with Gasteiger partial charge in [-0.1, -0.05) is 12.8 Å². The summed E-state index contributed by atoms with van der Waals surface area (Å²) in [6, 6.07) is 0. The Morgan fingerprint density at radius 3 is 1.25 bits per heavy atom. The molecule has 0 saturated heterocycles. The molecule has 0 aliphatic heterocycles.